The minimum Gasteiger partial charge on any atom is -0.373 e. The zero-order valence-corrected chi connectivity index (χ0v) is 22.7. The number of carbonyl (C=O) groups excluding carboxylic acids is 1. The SMILES string of the molecule is O=C(Nc1cncc(-c2ccccc2)c1)C1C2CC(OCc3c(-c4c(Cl)cccc4Cl)noc3C3CC3)C1C2. The molecule has 0 radical (unpaired) electrons. The first-order valence-electron chi connectivity index (χ1n) is 13.4. The Morgan fingerprint density at radius 2 is 1.79 bits per heavy atom. The van der Waals surface area contributed by atoms with Gasteiger partial charge in [-0.15, -0.1) is 0 Å². The van der Waals surface area contributed by atoms with Gasteiger partial charge < -0.3 is 14.6 Å². The maximum atomic E-state index is 13.3. The molecule has 6 nitrogen and oxygen atoms in total. The van der Waals surface area contributed by atoms with Gasteiger partial charge in [0, 0.05) is 34.7 Å². The summed E-state index contributed by atoms with van der Waals surface area (Å²) in [6.07, 6.45) is 7.56. The number of amides is 1. The number of nitrogens with one attached hydrogen (secondary N) is 1. The first kappa shape index (κ1) is 24.8. The van der Waals surface area contributed by atoms with Crippen LogP contribution in [0.2, 0.25) is 10.0 Å². The van der Waals surface area contributed by atoms with Crippen molar-refractivity contribution in [2.24, 2.45) is 17.8 Å². The van der Waals surface area contributed by atoms with Crippen molar-refractivity contribution < 1.29 is 14.1 Å². The normalized spacial score (nSPS) is 23.4. The van der Waals surface area contributed by atoms with E-state index in [2.05, 4.69) is 15.5 Å². The number of rotatable bonds is 8. The number of ether oxygens (including phenoxy) is 1. The highest BCUT2D eigenvalue weighted by Crippen LogP contribution is 2.55. The predicted octanol–water partition coefficient (Wildman–Crippen LogP) is 7.77. The number of carbonyl (C=O) groups is 1. The Balaban J connectivity index is 1.05. The second-order valence-electron chi connectivity index (χ2n) is 10.8. The van der Waals surface area contributed by atoms with E-state index in [1.165, 1.54) is 0 Å². The van der Waals surface area contributed by atoms with Gasteiger partial charge in [-0.1, -0.05) is 64.8 Å². The van der Waals surface area contributed by atoms with Crippen molar-refractivity contribution in [2.75, 3.05) is 5.32 Å². The summed E-state index contributed by atoms with van der Waals surface area (Å²) < 4.78 is 12.3. The van der Waals surface area contributed by atoms with Gasteiger partial charge in [-0.25, -0.2) is 0 Å². The molecule has 4 aliphatic rings. The Kier molecular flexibility index (Phi) is 6.42. The van der Waals surface area contributed by atoms with Crippen molar-refractivity contribution in [1.29, 1.82) is 0 Å². The van der Waals surface area contributed by atoms with Gasteiger partial charge >= 0.3 is 0 Å². The monoisotopic (exact) mass is 559 g/mol. The van der Waals surface area contributed by atoms with Gasteiger partial charge in [0.05, 0.1) is 34.6 Å². The average molecular weight is 560 g/mol. The highest BCUT2D eigenvalue weighted by atomic mass is 35.5. The molecule has 0 aliphatic heterocycles. The fraction of sp³-hybridized carbons (Fsp3) is 0.323. The topological polar surface area (TPSA) is 77.2 Å². The molecule has 198 valence electrons. The number of benzene rings is 2. The van der Waals surface area contributed by atoms with Crippen LogP contribution in [-0.2, 0) is 16.1 Å². The number of aromatic nitrogens is 2. The van der Waals surface area contributed by atoms with E-state index in [1.807, 2.05) is 48.7 Å². The van der Waals surface area contributed by atoms with Crippen molar-refractivity contribution in [1.82, 2.24) is 10.1 Å². The standard InChI is InChI=1S/C31H27Cl2N3O3/c32-24-7-4-8-25(33)28(24)29-23(30(39-36-29)18-9-10-18)16-38-26-13-19-12-22(26)27(19)31(37)35-21-11-20(14-34-15-21)17-5-2-1-3-6-17/h1-8,11,14-15,18-19,22,26-27H,9-10,12-13,16H2,(H,35,37). The largest absolute Gasteiger partial charge is 0.373 e. The van der Waals surface area contributed by atoms with E-state index in [-0.39, 0.29) is 23.8 Å². The van der Waals surface area contributed by atoms with Crippen LogP contribution in [0.1, 0.15) is 42.9 Å². The minimum absolute atomic E-state index is 0.0102. The molecule has 8 rings (SSSR count). The van der Waals surface area contributed by atoms with Gasteiger partial charge in [0.15, 0.2) is 0 Å². The first-order chi connectivity index (χ1) is 19.1. The van der Waals surface area contributed by atoms with Crippen LogP contribution in [0.4, 0.5) is 5.69 Å². The van der Waals surface area contributed by atoms with E-state index in [0.29, 0.717) is 45.4 Å². The molecule has 2 aromatic carbocycles. The third kappa shape index (κ3) is 4.65. The average Bonchev–Trinajstić information content (AvgIpc) is 3.40. The van der Waals surface area contributed by atoms with Crippen molar-refractivity contribution >= 4 is 34.8 Å². The maximum absolute atomic E-state index is 13.3. The Labute approximate surface area is 236 Å². The van der Waals surface area contributed by atoms with E-state index in [4.69, 9.17) is 32.5 Å². The van der Waals surface area contributed by atoms with Crippen LogP contribution in [0.15, 0.2) is 71.5 Å². The van der Waals surface area contributed by atoms with Gasteiger partial charge in [0.2, 0.25) is 5.91 Å². The quantitative estimate of drug-likeness (QED) is 0.238. The number of hydrogen-bond acceptors (Lipinski definition) is 5. The smallest absolute Gasteiger partial charge is 0.228 e. The van der Waals surface area contributed by atoms with Gasteiger partial charge in [0.25, 0.3) is 0 Å². The Hall–Kier alpha value is -3.19. The number of pyridine rings is 1. The summed E-state index contributed by atoms with van der Waals surface area (Å²) in [5, 5.41) is 8.54. The highest BCUT2D eigenvalue weighted by molar-refractivity contribution is 6.39. The number of anilines is 1. The van der Waals surface area contributed by atoms with Gasteiger partial charge in [-0.05, 0) is 61.3 Å². The molecule has 4 aromatic rings. The molecule has 4 saturated carbocycles. The minimum atomic E-state index is -0.0572. The van der Waals surface area contributed by atoms with Crippen molar-refractivity contribution in [2.45, 2.75) is 44.3 Å². The number of nitrogens with zero attached hydrogens (tertiary/aromatic N) is 2. The van der Waals surface area contributed by atoms with Crippen LogP contribution in [0.3, 0.4) is 0 Å². The molecule has 8 heteroatoms. The Morgan fingerprint density at radius 3 is 2.56 bits per heavy atom. The van der Waals surface area contributed by atoms with Crippen LogP contribution in [0.25, 0.3) is 22.4 Å². The third-order valence-corrected chi connectivity index (χ3v) is 9.01. The van der Waals surface area contributed by atoms with E-state index in [0.717, 1.165) is 48.1 Å². The lowest BCUT2D eigenvalue weighted by Crippen LogP contribution is -2.41. The molecular formula is C31H27Cl2N3O3. The van der Waals surface area contributed by atoms with E-state index < -0.39 is 0 Å². The maximum Gasteiger partial charge on any atom is 0.228 e. The zero-order valence-electron chi connectivity index (χ0n) is 21.1. The molecule has 39 heavy (non-hydrogen) atoms. The lowest BCUT2D eigenvalue weighted by molar-refractivity contribution is -0.127. The van der Waals surface area contributed by atoms with Crippen molar-refractivity contribution in [3.05, 3.63) is 88.4 Å². The highest BCUT2D eigenvalue weighted by Gasteiger charge is 2.56. The fourth-order valence-electron chi connectivity index (χ4n) is 6.26. The zero-order chi connectivity index (χ0) is 26.5. The molecule has 4 unspecified atom stereocenters. The molecule has 2 heterocycles. The molecule has 1 amide bonds. The van der Waals surface area contributed by atoms with Gasteiger partial charge in [-0.2, -0.15) is 0 Å². The van der Waals surface area contributed by atoms with Crippen molar-refractivity contribution in [3.8, 4) is 22.4 Å². The summed E-state index contributed by atoms with van der Waals surface area (Å²) in [7, 11) is 0. The lowest BCUT2D eigenvalue weighted by atomic mass is 9.71. The number of halogens is 2. The van der Waals surface area contributed by atoms with Crippen LogP contribution in [0, 0.1) is 17.8 Å². The molecule has 4 atom stereocenters. The van der Waals surface area contributed by atoms with Gasteiger partial charge in [-0.3, -0.25) is 9.78 Å². The van der Waals surface area contributed by atoms with E-state index in [1.54, 1.807) is 18.3 Å². The summed E-state index contributed by atoms with van der Waals surface area (Å²) in [5.41, 5.74) is 4.99. The second kappa shape index (κ2) is 10.1. The molecule has 4 aliphatic carbocycles. The molecule has 4 fully saturated rings. The summed E-state index contributed by atoms with van der Waals surface area (Å²) in [5.74, 6) is 1.73. The van der Waals surface area contributed by atoms with Crippen LogP contribution in [0.5, 0.6) is 0 Å². The molecule has 0 spiro atoms. The van der Waals surface area contributed by atoms with Crippen LogP contribution < -0.4 is 5.32 Å². The molecule has 2 aromatic heterocycles. The van der Waals surface area contributed by atoms with E-state index in [9.17, 15) is 4.79 Å². The van der Waals surface area contributed by atoms with Crippen LogP contribution >= 0.6 is 23.2 Å². The van der Waals surface area contributed by atoms with Gasteiger partial charge in [0.1, 0.15) is 11.5 Å². The Morgan fingerprint density at radius 1 is 1.00 bits per heavy atom. The predicted molar refractivity (Wildman–Crippen MR) is 151 cm³/mol. The first-order valence-corrected chi connectivity index (χ1v) is 14.2. The molecule has 2 bridgehead atoms. The summed E-state index contributed by atoms with van der Waals surface area (Å²) in [4.78, 5) is 17.6. The lowest BCUT2D eigenvalue weighted by Gasteiger charge is -2.35. The molecule has 0 saturated heterocycles. The van der Waals surface area contributed by atoms with Crippen molar-refractivity contribution in [3.63, 3.8) is 0 Å². The summed E-state index contributed by atoms with van der Waals surface area (Å²) >= 11 is 13.0. The molecule has 1 N–H and O–H groups in total. The Bertz CT molecular complexity index is 1520. The summed E-state index contributed by atoms with van der Waals surface area (Å²) in [6, 6.07) is 17.4. The number of fused-ring (bicyclic) bond motifs is 1. The third-order valence-electron chi connectivity index (χ3n) is 8.38. The van der Waals surface area contributed by atoms with Crippen LogP contribution in [-0.4, -0.2) is 22.2 Å². The summed E-state index contributed by atoms with van der Waals surface area (Å²) in [6.45, 7) is 0.359. The number of hydrogen-bond donors (Lipinski definition) is 1. The second-order valence-corrected chi connectivity index (χ2v) is 11.6. The fourth-order valence-corrected chi connectivity index (χ4v) is 6.83. The van der Waals surface area contributed by atoms with E-state index >= 15 is 0 Å². The molecular weight excluding hydrogens is 533 g/mol.